The first kappa shape index (κ1) is 15.2. The normalized spacial score (nSPS) is 11.5. The Balaban J connectivity index is 2.05. The summed E-state index contributed by atoms with van der Waals surface area (Å²) in [6.45, 7) is 8.47. The van der Waals surface area contributed by atoms with Crippen LogP contribution in [0.2, 0.25) is 0 Å². The summed E-state index contributed by atoms with van der Waals surface area (Å²) in [5, 5.41) is 14.7. The maximum Gasteiger partial charge on any atom is 0.149 e. The summed E-state index contributed by atoms with van der Waals surface area (Å²) < 4.78 is 0. The van der Waals surface area contributed by atoms with Gasteiger partial charge >= 0.3 is 0 Å². The van der Waals surface area contributed by atoms with Crippen LogP contribution in [0.5, 0.6) is 0 Å². The molecule has 2 aromatic heterocycles. The number of nitrogens with one attached hydrogen (secondary N) is 2. The van der Waals surface area contributed by atoms with Gasteiger partial charge in [-0.15, -0.1) is 5.10 Å². The molecular weight excluding hydrogens is 262 g/mol. The Labute approximate surface area is 126 Å². The Morgan fingerprint density at radius 2 is 1.86 bits per heavy atom. The lowest BCUT2D eigenvalue weighted by atomic mass is 9.98. The highest BCUT2D eigenvalue weighted by atomic mass is 15.2. The topological polar surface area (TPSA) is 62.7 Å². The smallest absolute Gasteiger partial charge is 0.149 e. The van der Waals surface area contributed by atoms with Gasteiger partial charge in [0.25, 0.3) is 0 Å². The Morgan fingerprint density at radius 3 is 2.52 bits per heavy atom. The number of nitrogens with zero attached hydrogens (tertiary/aromatic N) is 3. The lowest BCUT2D eigenvalue weighted by Gasteiger charge is -2.26. The first-order valence-electron chi connectivity index (χ1n) is 7.23. The van der Waals surface area contributed by atoms with E-state index >= 15 is 0 Å². The van der Waals surface area contributed by atoms with Gasteiger partial charge in [0, 0.05) is 29.9 Å². The summed E-state index contributed by atoms with van der Waals surface area (Å²) in [5.41, 5.74) is 0.890. The molecular formula is C16H23N5. The molecule has 2 rings (SSSR count). The minimum Gasteiger partial charge on any atom is -0.368 e. The number of aromatic nitrogens is 3. The molecule has 0 aliphatic carbocycles. The molecule has 0 spiro atoms. The van der Waals surface area contributed by atoms with Crippen LogP contribution in [0.3, 0.4) is 0 Å². The molecule has 5 heteroatoms. The van der Waals surface area contributed by atoms with Crippen molar-refractivity contribution in [3.05, 3.63) is 42.2 Å². The summed E-state index contributed by atoms with van der Waals surface area (Å²) in [5.74, 6) is 1.69. The van der Waals surface area contributed by atoms with Crippen molar-refractivity contribution in [1.82, 2.24) is 15.2 Å². The summed E-state index contributed by atoms with van der Waals surface area (Å²) >= 11 is 0. The van der Waals surface area contributed by atoms with Gasteiger partial charge in [-0.05, 0) is 52.0 Å². The van der Waals surface area contributed by atoms with Gasteiger partial charge in [-0.2, -0.15) is 5.10 Å². The monoisotopic (exact) mass is 285 g/mol. The maximum atomic E-state index is 4.65. The largest absolute Gasteiger partial charge is 0.368 e. The Hall–Kier alpha value is -2.17. The standard InChI is InChI=1S/C16H23N5/c1-12(2)18-14-8-5-7-13(19-14)11-16(3,4)20-15-9-6-10-17-21-15/h5-10,12H,11H2,1-4H3,(H,18,19)(H,20,21). The van der Waals surface area contributed by atoms with Gasteiger partial charge in [0.1, 0.15) is 11.6 Å². The van der Waals surface area contributed by atoms with Crippen molar-refractivity contribution in [2.24, 2.45) is 0 Å². The summed E-state index contributed by atoms with van der Waals surface area (Å²) in [7, 11) is 0. The van der Waals surface area contributed by atoms with E-state index in [1.54, 1.807) is 6.20 Å². The Morgan fingerprint density at radius 1 is 1.10 bits per heavy atom. The first-order chi connectivity index (χ1) is 9.94. The molecule has 0 atom stereocenters. The van der Waals surface area contributed by atoms with Crippen molar-refractivity contribution in [2.45, 2.75) is 45.7 Å². The second kappa shape index (κ2) is 6.52. The third kappa shape index (κ3) is 5.02. The maximum absolute atomic E-state index is 4.65. The number of hydrogen-bond acceptors (Lipinski definition) is 5. The van der Waals surface area contributed by atoms with Crippen LogP contribution in [0.1, 0.15) is 33.4 Å². The average Bonchev–Trinajstić information content (AvgIpc) is 2.38. The van der Waals surface area contributed by atoms with E-state index in [9.17, 15) is 0 Å². The molecule has 112 valence electrons. The molecule has 5 nitrogen and oxygen atoms in total. The molecule has 0 unspecified atom stereocenters. The van der Waals surface area contributed by atoms with Gasteiger partial charge in [-0.3, -0.25) is 0 Å². The number of hydrogen-bond donors (Lipinski definition) is 2. The first-order valence-corrected chi connectivity index (χ1v) is 7.23. The second-order valence-electron chi connectivity index (χ2n) is 6.11. The van der Waals surface area contributed by atoms with Gasteiger partial charge < -0.3 is 10.6 Å². The zero-order valence-electron chi connectivity index (χ0n) is 13.1. The van der Waals surface area contributed by atoms with Crippen molar-refractivity contribution >= 4 is 11.6 Å². The van der Waals surface area contributed by atoms with E-state index in [4.69, 9.17) is 0 Å². The summed E-state index contributed by atoms with van der Waals surface area (Å²) in [6.07, 6.45) is 2.47. The van der Waals surface area contributed by atoms with Crippen LogP contribution in [0.15, 0.2) is 36.5 Å². The Kier molecular flexibility index (Phi) is 4.73. The third-order valence-electron chi connectivity index (χ3n) is 2.91. The molecule has 0 saturated heterocycles. The van der Waals surface area contributed by atoms with Crippen molar-refractivity contribution in [3.8, 4) is 0 Å². The van der Waals surface area contributed by atoms with Gasteiger partial charge in [0.05, 0.1) is 0 Å². The lowest BCUT2D eigenvalue weighted by molar-refractivity contribution is 0.552. The minimum atomic E-state index is -0.153. The van der Waals surface area contributed by atoms with E-state index in [1.807, 2.05) is 30.3 Å². The quantitative estimate of drug-likeness (QED) is 0.854. The predicted molar refractivity (Wildman–Crippen MR) is 86.4 cm³/mol. The van der Waals surface area contributed by atoms with E-state index in [1.165, 1.54) is 0 Å². The molecule has 0 aliphatic heterocycles. The second-order valence-corrected chi connectivity index (χ2v) is 6.11. The highest BCUT2D eigenvalue weighted by Crippen LogP contribution is 2.18. The minimum absolute atomic E-state index is 0.153. The molecule has 0 saturated carbocycles. The predicted octanol–water partition coefficient (Wildman–Crippen LogP) is 3.13. The fourth-order valence-corrected chi connectivity index (χ4v) is 2.17. The van der Waals surface area contributed by atoms with Crippen molar-refractivity contribution in [3.63, 3.8) is 0 Å². The van der Waals surface area contributed by atoms with Crippen LogP contribution < -0.4 is 10.6 Å². The van der Waals surface area contributed by atoms with Gasteiger partial charge in [0.15, 0.2) is 0 Å². The van der Waals surface area contributed by atoms with E-state index in [-0.39, 0.29) is 5.54 Å². The molecule has 0 aromatic carbocycles. The zero-order valence-corrected chi connectivity index (χ0v) is 13.1. The fourth-order valence-electron chi connectivity index (χ4n) is 2.17. The molecule has 2 aromatic rings. The van der Waals surface area contributed by atoms with Crippen LogP contribution in [0, 0.1) is 0 Å². The van der Waals surface area contributed by atoms with E-state index in [2.05, 4.69) is 53.5 Å². The molecule has 0 bridgehead atoms. The number of rotatable bonds is 6. The van der Waals surface area contributed by atoms with Crippen LogP contribution in [0.25, 0.3) is 0 Å². The molecule has 0 amide bonds. The fraction of sp³-hybridized carbons (Fsp3) is 0.438. The highest BCUT2D eigenvalue weighted by molar-refractivity contribution is 5.38. The third-order valence-corrected chi connectivity index (χ3v) is 2.91. The Bertz CT molecular complexity index is 566. The molecule has 2 heterocycles. The van der Waals surface area contributed by atoms with Crippen LogP contribution in [-0.4, -0.2) is 26.8 Å². The van der Waals surface area contributed by atoms with Crippen LogP contribution in [-0.2, 0) is 6.42 Å². The van der Waals surface area contributed by atoms with Crippen LogP contribution in [0.4, 0.5) is 11.6 Å². The van der Waals surface area contributed by atoms with Crippen LogP contribution >= 0.6 is 0 Å². The molecule has 2 N–H and O–H groups in total. The number of anilines is 2. The van der Waals surface area contributed by atoms with Crippen molar-refractivity contribution in [1.29, 1.82) is 0 Å². The van der Waals surface area contributed by atoms with E-state index in [0.717, 1.165) is 23.8 Å². The van der Waals surface area contributed by atoms with Gasteiger partial charge in [-0.1, -0.05) is 6.07 Å². The van der Waals surface area contributed by atoms with E-state index in [0.29, 0.717) is 6.04 Å². The van der Waals surface area contributed by atoms with E-state index < -0.39 is 0 Å². The lowest BCUT2D eigenvalue weighted by Crippen LogP contribution is -2.34. The molecule has 0 radical (unpaired) electrons. The number of pyridine rings is 1. The average molecular weight is 285 g/mol. The highest BCUT2D eigenvalue weighted by Gasteiger charge is 2.19. The van der Waals surface area contributed by atoms with Gasteiger partial charge in [-0.25, -0.2) is 4.98 Å². The molecule has 0 aliphatic rings. The SMILES string of the molecule is CC(C)Nc1cccc(CC(C)(C)Nc2cccnn2)n1. The molecule has 21 heavy (non-hydrogen) atoms. The van der Waals surface area contributed by atoms with Crippen molar-refractivity contribution in [2.75, 3.05) is 10.6 Å². The summed E-state index contributed by atoms with van der Waals surface area (Å²) in [4.78, 5) is 4.65. The zero-order chi connectivity index (χ0) is 15.3. The van der Waals surface area contributed by atoms with Gasteiger partial charge in [0.2, 0.25) is 0 Å². The summed E-state index contributed by atoms with van der Waals surface area (Å²) in [6, 6.07) is 10.2. The van der Waals surface area contributed by atoms with Crippen molar-refractivity contribution < 1.29 is 0 Å². The molecule has 0 fully saturated rings.